The number of unbranched alkanes of at least 4 members (excludes halogenated alkanes) is 32. The van der Waals surface area contributed by atoms with E-state index >= 15 is 0 Å². The molecule has 2 atom stereocenters. The van der Waals surface area contributed by atoms with Crippen LogP contribution in [0.3, 0.4) is 0 Å². The number of carbonyl (C=O) groups excluding carboxylic acids is 4. The van der Waals surface area contributed by atoms with Crippen LogP contribution in [-0.2, 0) is 28.7 Å². The molecule has 0 spiro atoms. The molecule has 474 valence electrons. The van der Waals surface area contributed by atoms with Gasteiger partial charge in [-0.1, -0.05) is 247 Å². The van der Waals surface area contributed by atoms with E-state index in [1.807, 2.05) is 0 Å². The number of esters is 2. The van der Waals surface area contributed by atoms with Crippen LogP contribution in [0.4, 0.5) is 0 Å². The summed E-state index contributed by atoms with van der Waals surface area (Å²) in [5, 5.41) is 0. The summed E-state index contributed by atoms with van der Waals surface area (Å²) >= 11 is 0. The van der Waals surface area contributed by atoms with E-state index in [1.165, 1.54) is 212 Å². The van der Waals surface area contributed by atoms with Crippen LogP contribution in [0.5, 0.6) is 0 Å². The van der Waals surface area contributed by atoms with Crippen LogP contribution < -0.4 is 0 Å². The number of ether oxygens (including phenoxy) is 2. The van der Waals surface area contributed by atoms with E-state index in [0.717, 1.165) is 123 Å². The minimum absolute atomic E-state index is 0.0396. The molecule has 2 amide bonds. The van der Waals surface area contributed by atoms with E-state index in [4.69, 9.17) is 9.47 Å². The molecule has 0 saturated heterocycles. The van der Waals surface area contributed by atoms with E-state index in [1.54, 1.807) is 0 Å². The van der Waals surface area contributed by atoms with Gasteiger partial charge in [-0.05, 0) is 122 Å². The second kappa shape index (κ2) is 61.4. The Morgan fingerprint density at radius 1 is 0.275 bits per heavy atom. The fourth-order valence-corrected chi connectivity index (χ4v) is 11.5. The molecular weight excluding hydrogens is 991 g/mol. The molecule has 0 aromatic heterocycles. The molecule has 0 aromatic rings. The van der Waals surface area contributed by atoms with Crippen molar-refractivity contribution in [2.24, 2.45) is 11.8 Å². The summed E-state index contributed by atoms with van der Waals surface area (Å²) in [4.78, 5) is 59.1. The Balaban J connectivity index is 4.51. The monoisotopic (exact) mass is 1130 g/mol. The van der Waals surface area contributed by atoms with Gasteiger partial charge in [0, 0.05) is 51.9 Å². The molecular formula is C71H139N3O6. The number of hydrogen-bond donors (Lipinski definition) is 0. The van der Waals surface area contributed by atoms with Gasteiger partial charge in [0.2, 0.25) is 11.8 Å². The molecule has 0 bridgehead atoms. The Morgan fingerprint density at radius 3 is 0.825 bits per heavy atom. The average Bonchev–Trinajstić information content (AvgIpc) is 3.45. The van der Waals surface area contributed by atoms with Gasteiger partial charge in [0.15, 0.2) is 0 Å². The van der Waals surface area contributed by atoms with Crippen LogP contribution in [0.1, 0.15) is 363 Å². The van der Waals surface area contributed by atoms with Crippen molar-refractivity contribution < 1.29 is 28.7 Å². The fourth-order valence-electron chi connectivity index (χ4n) is 11.5. The SMILES string of the molecule is CCCCCCCCC(CCCCCC)COC(=O)CCCCCN(CCCCCC)C(=O)CCCCCCCN(C)CCCCCC(=O)N(CCCCCC)CCCCCC(=O)OCC(CCCCCC)CCCCCCCC. The molecule has 0 radical (unpaired) electrons. The lowest BCUT2D eigenvalue weighted by Gasteiger charge is -2.23. The zero-order valence-electron chi connectivity index (χ0n) is 55.0. The van der Waals surface area contributed by atoms with Gasteiger partial charge in [-0.15, -0.1) is 0 Å². The van der Waals surface area contributed by atoms with Crippen LogP contribution in [-0.4, -0.2) is 98.0 Å². The fraction of sp³-hybridized carbons (Fsp3) is 0.944. The molecule has 0 aromatic carbocycles. The maximum Gasteiger partial charge on any atom is 0.305 e. The molecule has 0 fully saturated rings. The van der Waals surface area contributed by atoms with Crippen LogP contribution in [0, 0.1) is 11.8 Å². The highest BCUT2D eigenvalue weighted by molar-refractivity contribution is 5.76. The maximum atomic E-state index is 13.5. The van der Waals surface area contributed by atoms with E-state index in [-0.39, 0.29) is 11.9 Å². The highest BCUT2D eigenvalue weighted by Crippen LogP contribution is 2.22. The molecule has 0 N–H and O–H groups in total. The summed E-state index contributed by atoms with van der Waals surface area (Å²) in [5.41, 5.74) is 0. The van der Waals surface area contributed by atoms with E-state index < -0.39 is 0 Å². The van der Waals surface area contributed by atoms with Gasteiger partial charge in [0.05, 0.1) is 13.2 Å². The summed E-state index contributed by atoms with van der Waals surface area (Å²) < 4.78 is 11.7. The second-order valence-electron chi connectivity index (χ2n) is 25.0. The zero-order chi connectivity index (χ0) is 58.6. The smallest absolute Gasteiger partial charge is 0.305 e. The molecule has 9 nitrogen and oxygen atoms in total. The van der Waals surface area contributed by atoms with Crippen molar-refractivity contribution in [3.63, 3.8) is 0 Å². The third-order valence-corrected chi connectivity index (χ3v) is 17.1. The number of amides is 2. The lowest BCUT2D eigenvalue weighted by molar-refractivity contribution is -0.146. The Kier molecular flexibility index (Phi) is 59.7. The van der Waals surface area contributed by atoms with Crippen molar-refractivity contribution in [2.75, 3.05) is 59.5 Å². The van der Waals surface area contributed by atoms with Crippen molar-refractivity contribution in [3.8, 4) is 0 Å². The first kappa shape index (κ1) is 77.8. The van der Waals surface area contributed by atoms with Crippen LogP contribution in [0.15, 0.2) is 0 Å². The van der Waals surface area contributed by atoms with Gasteiger partial charge in [-0.3, -0.25) is 19.2 Å². The Hall–Kier alpha value is -2.16. The molecule has 0 rings (SSSR count). The standard InChI is InChI=1S/C71H139N3O6/c1-8-14-20-26-29-38-52-66(50-36-22-16-10-3)64-79-70(77)56-42-34-48-62-73(60-46-24-18-12-5)68(75)54-40-31-28-32-44-58-72(7)59-45-33-41-55-69(76)74(61-47-25-19-13-6)63-49-35-43-57-71(78)80-65-67(51-37-23-17-11-4)53-39-30-27-21-15-9-2/h66-67H,8-65H2,1-7H3. The molecule has 80 heavy (non-hydrogen) atoms. The lowest BCUT2D eigenvalue weighted by Crippen LogP contribution is -2.33. The number of carbonyl (C=O) groups is 4. The van der Waals surface area contributed by atoms with E-state index in [0.29, 0.717) is 62.5 Å². The van der Waals surface area contributed by atoms with Gasteiger partial charge >= 0.3 is 11.9 Å². The highest BCUT2D eigenvalue weighted by atomic mass is 16.5. The first-order valence-corrected chi connectivity index (χ1v) is 35.7. The summed E-state index contributed by atoms with van der Waals surface area (Å²) in [6.07, 6.45) is 56.5. The molecule has 0 aliphatic carbocycles. The van der Waals surface area contributed by atoms with Crippen LogP contribution >= 0.6 is 0 Å². The van der Waals surface area contributed by atoms with Gasteiger partial charge < -0.3 is 24.2 Å². The van der Waals surface area contributed by atoms with Gasteiger partial charge in [-0.2, -0.15) is 0 Å². The van der Waals surface area contributed by atoms with Crippen molar-refractivity contribution in [3.05, 3.63) is 0 Å². The molecule has 0 aliphatic rings. The number of rotatable bonds is 64. The predicted octanol–water partition coefficient (Wildman–Crippen LogP) is 20.5. The quantitative estimate of drug-likeness (QED) is 0.0442. The summed E-state index contributed by atoms with van der Waals surface area (Å²) in [6, 6.07) is 0. The maximum absolute atomic E-state index is 13.5. The van der Waals surface area contributed by atoms with Crippen LogP contribution in [0.2, 0.25) is 0 Å². The highest BCUT2D eigenvalue weighted by Gasteiger charge is 2.17. The average molecular weight is 1130 g/mol. The van der Waals surface area contributed by atoms with Gasteiger partial charge in [0.25, 0.3) is 0 Å². The van der Waals surface area contributed by atoms with Crippen molar-refractivity contribution in [1.29, 1.82) is 0 Å². The summed E-state index contributed by atoms with van der Waals surface area (Å²) in [6.45, 7) is 20.2. The summed E-state index contributed by atoms with van der Waals surface area (Å²) in [7, 11) is 2.23. The third kappa shape index (κ3) is 52.6. The minimum Gasteiger partial charge on any atom is -0.465 e. The normalized spacial score (nSPS) is 12.3. The molecule has 0 heterocycles. The molecule has 2 unspecified atom stereocenters. The predicted molar refractivity (Wildman–Crippen MR) is 344 cm³/mol. The van der Waals surface area contributed by atoms with Gasteiger partial charge in [-0.25, -0.2) is 0 Å². The molecule has 0 aliphatic heterocycles. The van der Waals surface area contributed by atoms with Crippen molar-refractivity contribution >= 4 is 23.8 Å². The van der Waals surface area contributed by atoms with E-state index in [2.05, 4.69) is 63.3 Å². The topological polar surface area (TPSA) is 96.5 Å². The summed E-state index contributed by atoms with van der Waals surface area (Å²) in [5.74, 6) is 1.55. The van der Waals surface area contributed by atoms with Crippen molar-refractivity contribution in [2.45, 2.75) is 363 Å². The Bertz CT molecular complexity index is 1350. The van der Waals surface area contributed by atoms with Crippen molar-refractivity contribution in [1.82, 2.24) is 14.7 Å². The lowest BCUT2D eigenvalue weighted by atomic mass is 9.95. The molecule has 9 heteroatoms. The number of hydrogen-bond acceptors (Lipinski definition) is 7. The van der Waals surface area contributed by atoms with Gasteiger partial charge in [0.1, 0.15) is 0 Å². The second-order valence-corrected chi connectivity index (χ2v) is 25.0. The first-order valence-electron chi connectivity index (χ1n) is 35.7. The Morgan fingerprint density at radius 2 is 0.500 bits per heavy atom. The zero-order valence-corrected chi connectivity index (χ0v) is 55.0. The number of nitrogens with zero attached hydrogens (tertiary/aromatic N) is 3. The van der Waals surface area contributed by atoms with Crippen LogP contribution in [0.25, 0.3) is 0 Å². The van der Waals surface area contributed by atoms with E-state index in [9.17, 15) is 19.2 Å². The minimum atomic E-state index is -0.0405. The third-order valence-electron chi connectivity index (χ3n) is 17.1. The largest absolute Gasteiger partial charge is 0.465 e. The Labute approximate surface area is 498 Å². The first-order chi connectivity index (χ1) is 39.1. The molecule has 0 saturated carbocycles.